The van der Waals surface area contributed by atoms with Crippen LogP contribution in [-0.4, -0.2) is 40.5 Å². The quantitative estimate of drug-likeness (QED) is 0.413. The zero-order valence-electron chi connectivity index (χ0n) is 6.71. The van der Waals surface area contributed by atoms with Crippen LogP contribution in [0.25, 0.3) is 0 Å². The van der Waals surface area contributed by atoms with Gasteiger partial charge in [0.05, 0.1) is 13.1 Å². The summed E-state index contributed by atoms with van der Waals surface area (Å²) in [5, 5.41) is 22.1. The monoisotopic (exact) mass is 187 g/mol. The van der Waals surface area contributed by atoms with Crippen molar-refractivity contribution in [3.8, 4) is 0 Å². The van der Waals surface area contributed by atoms with E-state index in [1.54, 1.807) is 4.90 Å². The molecule has 13 heavy (non-hydrogen) atoms. The summed E-state index contributed by atoms with van der Waals surface area (Å²) in [6.45, 7) is 0.539. The molecule has 0 aromatic rings. The van der Waals surface area contributed by atoms with E-state index in [0.29, 0.717) is 6.54 Å². The van der Waals surface area contributed by atoms with Gasteiger partial charge in [0.15, 0.2) is 0 Å². The topological polar surface area (TPSA) is 87.9 Å². The van der Waals surface area contributed by atoms with Crippen molar-refractivity contribution < 1.29 is 14.8 Å². The number of fused-ring (bicyclic) bond motifs is 1. The summed E-state index contributed by atoms with van der Waals surface area (Å²) in [6, 6.07) is 0. The second-order valence-corrected chi connectivity index (χ2v) is 2.99. The van der Waals surface area contributed by atoms with Gasteiger partial charge in [-0.05, 0) is 0 Å². The SMILES string of the molecule is O=[N+]([O-])C1CN2CC(O)=COC2N1. The molecule has 1 fully saturated rings. The number of aliphatic hydroxyl groups excluding tert-OH is 1. The summed E-state index contributed by atoms with van der Waals surface area (Å²) in [5.74, 6) is 0.0852. The van der Waals surface area contributed by atoms with Crippen LogP contribution in [-0.2, 0) is 4.74 Å². The Bertz CT molecular complexity index is 267. The van der Waals surface area contributed by atoms with Crippen LogP contribution in [0.4, 0.5) is 0 Å². The van der Waals surface area contributed by atoms with Gasteiger partial charge >= 0.3 is 0 Å². The van der Waals surface area contributed by atoms with Crippen LogP contribution in [0.15, 0.2) is 12.0 Å². The first kappa shape index (κ1) is 8.27. The molecule has 2 atom stereocenters. The van der Waals surface area contributed by atoms with Gasteiger partial charge in [-0.2, -0.15) is 0 Å². The molecule has 72 valence electrons. The zero-order valence-corrected chi connectivity index (χ0v) is 6.71. The van der Waals surface area contributed by atoms with Gasteiger partial charge in [-0.25, -0.2) is 10.2 Å². The highest BCUT2D eigenvalue weighted by Gasteiger charge is 2.40. The van der Waals surface area contributed by atoms with E-state index in [1.807, 2.05) is 0 Å². The summed E-state index contributed by atoms with van der Waals surface area (Å²) in [7, 11) is 0. The number of aliphatic hydroxyl groups is 1. The fraction of sp³-hybridized carbons (Fsp3) is 0.667. The van der Waals surface area contributed by atoms with Gasteiger partial charge in [-0.3, -0.25) is 10.1 Å². The summed E-state index contributed by atoms with van der Waals surface area (Å²) < 4.78 is 4.99. The molecule has 2 aliphatic heterocycles. The highest BCUT2D eigenvalue weighted by molar-refractivity contribution is 4.96. The van der Waals surface area contributed by atoms with E-state index >= 15 is 0 Å². The smallest absolute Gasteiger partial charge is 0.282 e. The van der Waals surface area contributed by atoms with Crippen molar-refractivity contribution >= 4 is 0 Å². The molecule has 2 heterocycles. The fourth-order valence-corrected chi connectivity index (χ4v) is 1.43. The lowest BCUT2D eigenvalue weighted by atomic mass is 10.4. The van der Waals surface area contributed by atoms with E-state index in [4.69, 9.17) is 9.84 Å². The molecule has 0 amide bonds. The predicted molar refractivity (Wildman–Crippen MR) is 41.1 cm³/mol. The first-order valence-corrected chi connectivity index (χ1v) is 3.84. The maximum atomic E-state index is 10.4. The van der Waals surface area contributed by atoms with Crippen LogP contribution in [0.1, 0.15) is 0 Å². The van der Waals surface area contributed by atoms with Gasteiger partial charge < -0.3 is 9.84 Å². The molecule has 0 saturated carbocycles. The van der Waals surface area contributed by atoms with Gasteiger partial charge in [-0.15, -0.1) is 0 Å². The molecular formula is C6H9N3O4. The van der Waals surface area contributed by atoms with Crippen molar-refractivity contribution in [3.63, 3.8) is 0 Å². The molecule has 7 nitrogen and oxygen atoms in total. The van der Waals surface area contributed by atoms with Gasteiger partial charge in [0.1, 0.15) is 12.0 Å². The molecule has 7 heteroatoms. The van der Waals surface area contributed by atoms with Gasteiger partial charge in [0.2, 0.25) is 6.35 Å². The van der Waals surface area contributed by atoms with Crippen LogP contribution < -0.4 is 5.32 Å². The van der Waals surface area contributed by atoms with Crippen molar-refractivity contribution in [3.05, 3.63) is 22.1 Å². The molecule has 0 spiro atoms. The van der Waals surface area contributed by atoms with E-state index in [9.17, 15) is 10.1 Å². The third-order valence-corrected chi connectivity index (χ3v) is 2.03. The lowest BCUT2D eigenvalue weighted by molar-refractivity contribution is -0.524. The van der Waals surface area contributed by atoms with Gasteiger partial charge in [0, 0.05) is 4.92 Å². The Hall–Kier alpha value is -1.34. The Balaban J connectivity index is 2.03. The molecule has 2 N–H and O–H groups in total. The molecule has 0 aromatic heterocycles. The average molecular weight is 187 g/mol. The molecule has 0 radical (unpaired) electrons. The Labute approximate surface area is 73.7 Å². The van der Waals surface area contributed by atoms with E-state index in [-0.39, 0.29) is 12.3 Å². The molecule has 0 aliphatic carbocycles. The maximum absolute atomic E-state index is 10.4. The van der Waals surface area contributed by atoms with Crippen molar-refractivity contribution in [2.45, 2.75) is 12.5 Å². The molecule has 0 bridgehead atoms. The largest absolute Gasteiger partial charge is 0.508 e. The molecular weight excluding hydrogens is 178 g/mol. The third kappa shape index (κ3) is 1.43. The highest BCUT2D eigenvalue weighted by atomic mass is 16.6. The summed E-state index contributed by atoms with van der Waals surface area (Å²) in [5.41, 5.74) is 0. The Morgan fingerprint density at radius 3 is 3.31 bits per heavy atom. The molecule has 2 rings (SSSR count). The molecule has 0 aromatic carbocycles. The Morgan fingerprint density at radius 2 is 2.62 bits per heavy atom. The minimum absolute atomic E-state index is 0.0852. The molecule has 1 saturated heterocycles. The van der Waals surface area contributed by atoms with Crippen molar-refractivity contribution in [2.75, 3.05) is 13.1 Å². The number of hydrogen-bond donors (Lipinski definition) is 2. The lowest BCUT2D eigenvalue weighted by Crippen LogP contribution is -2.42. The molecule has 2 unspecified atom stereocenters. The van der Waals surface area contributed by atoms with Crippen LogP contribution in [0.2, 0.25) is 0 Å². The first-order valence-electron chi connectivity index (χ1n) is 3.84. The third-order valence-electron chi connectivity index (χ3n) is 2.03. The summed E-state index contributed by atoms with van der Waals surface area (Å²) in [4.78, 5) is 11.7. The molecule has 2 aliphatic rings. The van der Waals surface area contributed by atoms with E-state index < -0.39 is 17.4 Å². The second-order valence-electron chi connectivity index (χ2n) is 2.99. The fourth-order valence-electron chi connectivity index (χ4n) is 1.43. The lowest BCUT2D eigenvalue weighted by Gasteiger charge is -2.25. The number of nitrogens with zero attached hydrogens (tertiary/aromatic N) is 2. The predicted octanol–water partition coefficient (Wildman–Crippen LogP) is -0.792. The standard InChI is InChI=1S/C6H9N3O4/c10-4-1-8-2-5(9(11)12)7-6(8)13-3-4/h3,5-7,10H,1-2H2. The second kappa shape index (κ2) is 2.86. The first-order chi connectivity index (χ1) is 6.16. The summed E-state index contributed by atoms with van der Waals surface area (Å²) in [6.07, 6.45) is -0.0909. The van der Waals surface area contributed by atoms with E-state index in [1.165, 1.54) is 6.26 Å². The van der Waals surface area contributed by atoms with Crippen molar-refractivity contribution in [1.29, 1.82) is 0 Å². The van der Waals surface area contributed by atoms with Crippen LogP contribution in [0.5, 0.6) is 0 Å². The Morgan fingerprint density at radius 1 is 1.85 bits per heavy atom. The normalized spacial score (nSPS) is 33.4. The highest BCUT2D eigenvalue weighted by Crippen LogP contribution is 2.16. The van der Waals surface area contributed by atoms with Crippen LogP contribution in [0, 0.1) is 10.1 Å². The van der Waals surface area contributed by atoms with Crippen molar-refractivity contribution in [1.82, 2.24) is 10.2 Å². The maximum Gasteiger partial charge on any atom is 0.282 e. The van der Waals surface area contributed by atoms with Gasteiger partial charge in [-0.1, -0.05) is 0 Å². The van der Waals surface area contributed by atoms with Gasteiger partial charge in [0.25, 0.3) is 6.17 Å². The van der Waals surface area contributed by atoms with E-state index in [0.717, 1.165) is 0 Å². The number of hydrogen-bond acceptors (Lipinski definition) is 6. The van der Waals surface area contributed by atoms with Crippen LogP contribution in [0.3, 0.4) is 0 Å². The number of ether oxygens (including phenoxy) is 1. The Kier molecular flexibility index (Phi) is 1.82. The van der Waals surface area contributed by atoms with Crippen LogP contribution >= 0.6 is 0 Å². The minimum atomic E-state index is -0.815. The van der Waals surface area contributed by atoms with Crippen molar-refractivity contribution in [2.24, 2.45) is 0 Å². The number of nitrogens with one attached hydrogen (secondary N) is 1. The average Bonchev–Trinajstić information content (AvgIpc) is 2.46. The number of nitro groups is 1. The number of rotatable bonds is 1. The zero-order chi connectivity index (χ0) is 9.42. The van der Waals surface area contributed by atoms with E-state index in [2.05, 4.69) is 5.32 Å². The summed E-state index contributed by atoms with van der Waals surface area (Å²) >= 11 is 0. The minimum Gasteiger partial charge on any atom is -0.508 e.